The Bertz CT molecular complexity index is 1220. The lowest BCUT2D eigenvalue weighted by Crippen LogP contribution is -2.45. The largest absolute Gasteiger partial charge is 0.352 e. The predicted molar refractivity (Wildman–Crippen MR) is 148 cm³/mol. The summed E-state index contributed by atoms with van der Waals surface area (Å²) in [7, 11) is 0. The van der Waals surface area contributed by atoms with E-state index in [1.165, 1.54) is 23.1 Å². The maximum atomic E-state index is 13.5. The van der Waals surface area contributed by atoms with Crippen LogP contribution in [-0.2, 0) is 20.9 Å². The summed E-state index contributed by atoms with van der Waals surface area (Å²) in [4.78, 5) is 51.3. The fraction of sp³-hybridized carbons (Fsp3) is 0.444. The number of aliphatic imine (C=N–C) groups is 2. The van der Waals surface area contributed by atoms with Crippen molar-refractivity contribution in [3.63, 3.8) is 0 Å². The van der Waals surface area contributed by atoms with E-state index < -0.39 is 6.04 Å². The highest BCUT2D eigenvalue weighted by Gasteiger charge is 2.43. The summed E-state index contributed by atoms with van der Waals surface area (Å²) in [6, 6.07) is 10.8. The molecule has 1 fully saturated rings. The summed E-state index contributed by atoms with van der Waals surface area (Å²) in [5.41, 5.74) is 1.46. The number of fused-ring (bicyclic) bond motifs is 3. The minimum atomic E-state index is -0.827. The Hall–Kier alpha value is -2.98. The van der Waals surface area contributed by atoms with Crippen LogP contribution in [0.4, 0.5) is 5.69 Å². The van der Waals surface area contributed by atoms with Gasteiger partial charge in [-0.05, 0) is 42.8 Å². The van der Waals surface area contributed by atoms with Gasteiger partial charge in [0.05, 0.1) is 23.9 Å². The number of thioether (sulfide) groups is 1. The first kappa shape index (κ1) is 25.7. The molecule has 1 aromatic heterocycles. The third kappa shape index (κ3) is 5.80. The molecular formula is C27H31N5O3S2. The Labute approximate surface area is 225 Å². The molecule has 3 amide bonds. The smallest absolute Gasteiger partial charge is 0.259 e. The quantitative estimate of drug-likeness (QED) is 0.522. The first-order chi connectivity index (χ1) is 18.0. The molecule has 2 N–H and O–H groups in total. The van der Waals surface area contributed by atoms with Gasteiger partial charge in [0.15, 0.2) is 5.17 Å². The Morgan fingerprint density at radius 2 is 1.97 bits per heavy atom. The van der Waals surface area contributed by atoms with Gasteiger partial charge in [0.2, 0.25) is 11.8 Å². The van der Waals surface area contributed by atoms with Gasteiger partial charge in [-0.15, -0.1) is 11.3 Å². The standard InChI is InChI=1S/C27H31N5O3S2/c1-2-22(25(34)29-17-9-4-3-5-10-17)37-27-31-20-13-7-6-12-19(20)24-30-21(26(35)32(24)27)15-23(33)28-16-18-11-8-14-36-18/h6-8,11-14,17,21-22H,2-5,9-10,15-16H2,1H3,(H,28,33)(H,29,34)/t21-,22-/m0/s1. The van der Waals surface area contributed by atoms with Crippen LogP contribution in [0, 0.1) is 0 Å². The van der Waals surface area contributed by atoms with E-state index in [2.05, 4.69) is 15.6 Å². The third-order valence-electron chi connectivity index (χ3n) is 6.83. The van der Waals surface area contributed by atoms with Gasteiger partial charge in [-0.1, -0.05) is 56.1 Å². The zero-order chi connectivity index (χ0) is 25.8. The second-order valence-electron chi connectivity index (χ2n) is 9.47. The van der Waals surface area contributed by atoms with Gasteiger partial charge in [0.1, 0.15) is 11.9 Å². The van der Waals surface area contributed by atoms with E-state index in [1.807, 2.05) is 48.7 Å². The van der Waals surface area contributed by atoms with Gasteiger partial charge >= 0.3 is 0 Å². The minimum absolute atomic E-state index is 0.0180. The Morgan fingerprint density at radius 1 is 1.16 bits per heavy atom. The summed E-state index contributed by atoms with van der Waals surface area (Å²) in [6.07, 6.45) is 6.10. The molecule has 0 saturated heterocycles. The molecule has 37 heavy (non-hydrogen) atoms. The molecule has 3 heterocycles. The maximum absolute atomic E-state index is 13.5. The molecule has 2 atom stereocenters. The molecule has 0 spiro atoms. The van der Waals surface area contributed by atoms with Crippen molar-refractivity contribution in [2.45, 2.75) is 75.7 Å². The van der Waals surface area contributed by atoms with Crippen molar-refractivity contribution >= 4 is 57.5 Å². The van der Waals surface area contributed by atoms with E-state index in [4.69, 9.17) is 4.99 Å². The molecule has 0 bridgehead atoms. The molecule has 2 aromatic rings. The summed E-state index contributed by atoms with van der Waals surface area (Å²) in [5, 5.41) is 8.11. The van der Waals surface area contributed by atoms with Gasteiger partial charge in [0.25, 0.3) is 5.91 Å². The predicted octanol–water partition coefficient (Wildman–Crippen LogP) is 4.37. The van der Waals surface area contributed by atoms with Crippen molar-refractivity contribution < 1.29 is 14.4 Å². The SMILES string of the molecule is CC[C@H](SC1=Nc2ccccc2C2=N[C@@H](CC(=O)NCc3cccs3)C(=O)N12)C(=O)NC1CCCCC1. The number of hydrogen-bond donors (Lipinski definition) is 2. The Morgan fingerprint density at radius 3 is 2.73 bits per heavy atom. The number of para-hydroxylation sites is 1. The number of nitrogens with zero attached hydrogens (tertiary/aromatic N) is 3. The first-order valence-electron chi connectivity index (χ1n) is 12.9. The molecule has 1 saturated carbocycles. The van der Waals surface area contributed by atoms with Crippen LogP contribution in [0.15, 0.2) is 51.8 Å². The van der Waals surface area contributed by atoms with Crippen molar-refractivity contribution in [2.24, 2.45) is 9.98 Å². The van der Waals surface area contributed by atoms with Crippen molar-refractivity contribution in [3.05, 3.63) is 52.2 Å². The second kappa shape index (κ2) is 11.6. The van der Waals surface area contributed by atoms with E-state index in [0.29, 0.717) is 29.7 Å². The van der Waals surface area contributed by atoms with E-state index in [0.717, 1.165) is 36.1 Å². The number of hydrogen-bond acceptors (Lipinski definition) is 7. The number of carbonyl (C=O) groups excluding carboxylic acids is 3. The average Bonchev–Trinajstić information content (AvgIpc) is 3.55. The molecule has 194 valence electrons. The van der Waals surface area contributed by atoms with Crippen LogP contribution in [0.1, 0.15) is 62.3 Å². The summed E-state index contributed by atoms with van der Waals surface area (Å²) in [5.74, 6) is -0.0365. The number of benzene rings is 1. The molecule has 2 aliphatic heterocycles. The molecule has 0 unspecified atom stereocenters. The average molecular weight is 538 g/mol. The lowest BCUT2D eigenvalue weighted by molar-refractivity contribution is -0.128. The minimum Gasteiger partial charge on any atom is -0.352 e. The second-order valence-corrected chi connectivity index (χ2v) is 11.7. The summed E-state index contributed by atoms with van der Waals surface area (Å²) < 4.78 is 0. The van der Waals surface area contributed by atoms with Crippen LogP contribution in [0.2, 0.25) is 0 Å². The fourth-order valence-electron chi connectivity index (χ4n) is 4.85. The van der Waals surface area contributed by atoms with Crippen molar-refractivity contribution in [3.8, 4) is 0 Å². The van der Waals surface area contributed by atoms with Crippen LogP contribution in [0.25, 0.3) is 0 Å². The molecule has 5 rings (SSSR count). The van der Waals surface area contributed by atoms with Crippen molar-refractivity contribution in [1.29, 1.82) is 0 Å². The lowest BCUT2D eigenvalue weighted by Gasteiger charge is -2.29. The van der Waals surface area contributed by atoms with E-state index >= 15 is 0 Å². The fourth-order valence-corrected chi connectivity index (χ4v) is 6.52. The van der Waals surface area contributed by atoms with Crippen LogP contribution in [0.5, 0.6) is 0 Å². The Kier molecular flexibility index (Phi) is 8.05. The Balaban J connectivity index is 1.32. The van der Waals surface area contributed by atoms with Crippen LogP contribution in [0.3, 0.4) is 0 Å². The number of thiophene rings is 1. The molecule has 1 aromatic carbocycles. The summed E-state index contributed by atoms with van der Waals surface area (Å²) in [6.45, 7) is 2.40. The van der Waals surface area contributed by atoms with Gasteiger partial charge in [-0.3, -0.25) is 19.4 Å². The maximum Gasteiger partial charge on any atom is 0.259 e. The molecule has 1 aliphatic carbocycles. The van der Waals surface area contributed by atoms with Crippen LogP contribution in [-0.4, -0.2) is 51.0 Å². The van der Waals surface area contributed by atoms with Gasteiger partial charge < -0.3 is 10.6 Å². The van der Waals surface area contributed by atoms with Crippen LogP contribution >= 0.6 is 23.1 Å². The van der Waals surface area contributed by atoms with Gasteiger partial charge in [0, 0.05) is 16.5 Å². The third-order valence-corrected chi connectivity index (χ3v) is 9.02. The van der Waals surface area contributed by atoms with Crippen molar-refractivity contribution in [1.82, 2.24) is 15.5 Å². The van der Waals surface area contributed by atoms with Crippen molar-refractivity contribution in [2.75, 3.05) is 0 Å². The number of nitrogens with one attached hydrogen (secondary N) is 2. The number of rotatable bonds is 8. The topological polar surface area (TPSA) is 103 Å². The normalized spacial score (nSPS) is 20.0. The highest BCUT2D eigenvalue weighted by atomic mass is 32.2. The van der Waals surface area contributed by atoms with E-state index in [-0.39, 0.29) is 35.4 Å². The molecular weight excluding hydrogens is 506 g/mol. The molecule has 3 aliphatic rings. The number of amidine groups is 2. The van der Waals surface area contributed by atoms with Gasteiger partial charge in [-0.2, -0.15) is 0 Å². The number of carbonyl (C=O) groups is 3. The zero-order valence-electron chi connectivity index (χ0n) is 20.8. The summed E-state index contributed by atoms with van der Waals surface area (Å²) >= 11 is 2.87. The highest BCUT2D eigenvalue weighted by molar-refractivity contribution is 8.15. The lowest BCUT2D eigenvalue weighted by atomic mass is 9.95. The molecule has 8 nitrogen and oxygen atoms in total. The monoisotopic (exact) mass is 537 g/mol. The van der Waals surface area contributed by atoms with E-state index in [1.54, 1.807) is 11.3 Å². The highest BCUT2D eigenvalue weighted by Crippen LogP contribution is 2.35. The number of amides is 3. The van der Waals surface area contributed by atoms with Gasteiger partial charge in [-0.25, -0.2) is 9.89 Å². The molecule has 0 radical (unpaired) electrons. The van der Waals surface area contributed by atoms with E-state index in [9.17, 15) is 14.4 Å². The molecule has 10 heteroatoms. The van der Waals surface area contributed by atoms with Crippen LogP contribution < -0.4 is 10.6 Å². The zero-order valence-corrected chi connectivity index (χ0v) is 22.4. The first-order valence-corrected chi connectivity index (χ1v) is 14.7.